The van der Waals surface area contributed by atoms with Gasteiger partial charge in [-0.1, -0.05) is 30.3 Å². The van der Waals surface area contributed by atoms with E-state index in [4.69, 9.17) is 0 Å². The van der Waals surface area contributed by atoms with Gasteiger partial charge in [-0.25, -0.2) is 9.55 Å². The number of pyridine rings is 2. The maximum absolute atomic E-state index is 13.0. The third-order valence-corrected chi connectivity index (χ3v) is 4.53. The topological polar surface area (TPSA) is 67.5 Å². The van der Waals surface area contributed by atoms with Gasteiger partial charge in [0.25, 0.3) is 5.56 Å². The van der Waals surface area contributed by atoms with E-state index in [1.807, 2.05) is 38.1 Å². The van der Waals surface area contributed by atoms with E-state index in [-0.39, 0.29) is 11.4 Å². The monoisotopic (exact) mass is 369 g/mol. The van der Waals surface area contributed by atoms with Crippen molar-refractivity contribution in [3.63, 3.8) is 0 Å². The van der Waals surface area contributed by atoms with Crippen molar-refractivity contribution in [3.05, 3.63) is 93.9 Å². The minimum Gasteiger partial charge on any atom is -0.494 e. The van der Waals surface area contributed by atoms with Crippen molar-refractivity contribution in [2.45, 2.75) is 13.8 Å². The van der Waals surface area contributed by atoms with Crippen LogP contribution in [0.3, 0.4) is 0 Å². The summed E-state index contributed by atoms with van der Waals surface area (Å²) in [5, 5.41) is 12.1. The van der Waals surface area contributed by atoms with E-state index in [2.05, 4.69) is 16.0 Å². The van der Waals surface area contributed by atoms with Crippen molar-refractivity contribution in [1.29, 1.82) is 0 Å². The summed E-state index contributed by atoms with van der Waals surface area (Å²) in [7, 11) is 0. The molecule has 0 saturated heterocycles. The van der Waals surface area contributed by atoms with Crippen molar-refractivity contribution in [2.75, 3.05) is 0 Å². The van der Waals surface area contributed by atoms with Crippen molar-refractivity contribution in [3.8, 4) is 11.7 Å². The summed E-state index contributed by atoms with van der Waals surface area (Å²) in [4.78, 5) is 21.8. The fourth-order valence-corrected chi connectivity index (χ4v) is 3.35. The maximum Gasteiger partial charge on any atom is 0.267 e. The zero-order valence-corrected chi connectivity index (χ0v) is 15.6. The lowest BCUT2D eigenvalue weighted by Gasteiger charge is -2.12. The lowest BCUT2D eigenvalue weighted by molar-refractivity contribution is 0.435. The van der Waals surface area contributed by atoms with Gasteiger partial charge in [-0.15, -0.1) is 0 Å². The van der Waals surface area contributed by atoms with Crippen LogP contribution >= 0.6 is 0 Å². The number of aromatic nitrogens is 2. The second-order valence-corrected chi connectivity index (χ2v) is 6.72. The highest BCUT2D eigenvalue weighted by atomic mass is 16.3. The van der Waals surface area contributed by atoms with E-state index in [9.17, 15) is 9.90 Å². The molecule has 28 heavy (non-hydrogen) atoms. The lowest BCUT2D eigenvalue weighted by atomic mass is 10.1. The van der Waals surface area contributed by atoms with Crippen LogP contribution in [-0.2, 0) is 0 Å². The van der Waals surface area contributed by atoms with Gasteiger partial charge >= 0.3 is 0 Å². The molecule has 0 atom stereocenters. The first-order valence-electron chi connectivity index (χ1n) is 8.95. The number of aryl methyl sites for hydroxylation is 2. The molecular weight excluding hydrogens is 350 g/mol. The molecule has 5 heteroatoms. The number of benzene rings is 2. The SMILES string of the molecule is Cc1cc(C)cc(N=Cc2c(O)n(-c3ccccn3)c(=O)c3ccccc23)c1. The highest BCUT2D eigenvalue weighted by molar-refractivity contribution is 6.02. The van der Waals surface area contributed by atoms with E-state index in [0.29, 0.717) is 22.2 Å². The van der Waals surface area contributed by atoms with Gasteiger partial charge in [0, 0.05) is 23.2 Å². The number of nitrogens with zero attached hydrogens (tertiary/aromatic N) is 3. The maximum atomic E-state index is 13.0. The Hall–Kier alpha value is -3.73. The van der Waals surface area contributed by atoms with Crippen LogP contribution in [0, 0.1) is 13.8 Å². The van der Waals surface area contributed by atoms with Crippen LogP contribution in [0.4, 0.5) is 5.69 Å². The van der Waals surface area contributed by atoms with Crippen LogP contribution in [-0.4, -0.2) is 20.9 Å². The molecule has 0 radical (unpaired) electrons. The third kappa shape index (κ3) is 3.18. The van der Waals surface area contributed by atoms with Gasteiger partial charge in [0.2, 0.25) is 5.88 Å². The lowest BCUT2D eigenvalue weighted by Crippen LogP contribution is -2.20. The molecule has 0 spiro atoms. The molecular formula is C23H19N3O2. The molecule has 0 unspecified atom stereocenters. The zero-order valence-electron chi connectivity index (χ0n) is 15.6. The van der Waals surface area contributed by atoms with Gasteiger partial charge in [-0.2, -0.15) is 0 Å². The fourth-order valence-electron chi connectivity index (χ4n) is 3.35. The first-order chi connectivity index (χ1) is 13.5. The van der Waals surface area contributed by atoms with Gasteiger partial charge in [-0.05, 0) is 55.3 Å². The van der Waals surface area contributed by atoms with E-state index in [0.717, 1.165) is 16.8 Å². The summed E-state index contributed by atoms with van der Waals surface area (Å²) < 4.78 is 1.21. The molecule has 0 aliphatic rings. The normalized spacial score (nSPS) is 11.4. The van der Waals surface area contributed by atoms with Crippen molar-refractivity contribution in [1.82, 2.24) is 9.55 Å². The summed E-state index contributed by atoms with van der Waals surface area (Å²) in [6.07, 6.45) is 3.18. The minimum atomic E-state index is -0.324. The molecule has 0 bridgehead atoms. The molecule has 2 heterocycles. The number of aromatic hydroxyl groups is 1. The Kier molecular flexibility index (Phi) is 4.49. The van der Waals surface area contributed by atoms with Crippen LogP contribution in [0.2, 0.25) is 0 Å². The fraction of sp³-hybridized carbons (Fsp3) is 0.0870. The second-order valence-electron chi connectivity index (χ2n) is 6.72. The van der Waals surface area contributed by atoms with E-state index >= 15 is 0 Å². The highest BCUT2D eigenvalue weighted by Crippen LogP contribution is 2.26. The molecule has 4 aromatic rings. The minimum absolute atomic E-state index is 0.185. The van der Waals surface area contributed by atoms with E-state index in [1.54, 1.807) is 42.7 Å². The number of fused-ring (bicyclic) bond motifs is 1. The van der Waals surface area contributed by atoms with Gasteiger partial charge in [0.05, 0.1) is 11.3 Å². The Labute approximate surface area is 162 Å². The summed E-state index contributed by atoms with van der Waals surface area (Å²) in [6, 6.07) is 18.4. The standard InChI is InChI=1S/C23H19N3O2/c1-15-11-16(2)13-17(12-15)25-14-20-18-7-3-4-8-19(18)22(27)26(23(20)28)21-9-5-6-10-24-21/h3-14,28H,1-2H3. The molecule has 2 aromatic heterocycles. The Bertz CT molecular complexity index is 1240. The smallest absolute Gasteiger partial charge is 0.267 e. The molecule has 2 aromatic carbocycles. The zero-order chi connectivity index (χ0) is 19.7. The van der Waals surface area contributed by atoms with Crippen LogP contribution in [0.15, 0.2) is 76.6 Å². The van der Waals surface area contributed by atoms with Gasteiger partial charge in [0.1, 0.15) is 5.82 Å². The molecule has 5 nitrogen and oxygen atoms in total. The van der Waals surface area contributed by atoms with Crippen LogP contribution in [0.25, 0.3) is 16.6 Å². The largest absolute Gasteiger partial charge is 0.494 e. The van der Waals surface area contributed by atoms with Gasteiger partial charge in [0.15, 0.2) is 0 Å². The molecule has 0 fully saturated rings. The quantitative estimate of drug-likeness (QED) is 0.542. The average molecular weight is 369 g/mol. The molecule has 138 valence electrons. The van der Waals surface area contributed by atoms with Crippen LogP contribution in [0.1, 0.15) is 16.7 Å². The Balaban J connectivity index is 1.97. The Morgan fingerprint density at radius 3 is 2.32 bits per heavy atom. The predicted molar refractivity (Wildman–Crippen MR) is 112 cm³/mol. The summed E-state index contributed by atoms with van der Waals surface area (Å²) in [5.41, 5.74) is 3.16. The van der Waals surface area contributed by atoms with Crippen molar-refractivity contribution in [2.24, 2.45) is 4.99 Å². The van der Waals surface area contributed by atoms with Crippen LogP contribution in [0.5, 0.6) is 5.88 Å². The number of hydrogen-bond donors (Lipinski definition) is 1. The molecule has 1 N–H and O–H groups in total. The molecule has 0 amide bonds. The molecule has 0 saturated carbocycles. The van der Waals surface area contributed by atoms with Gasteiger partial charge < -0.3 is 5.11 Å². The third-order valence-electron chi connectivity index (χ3n) is 4.53. The molecule has 0 aliphatic heterocycles. The summed E-state index contributed by atoms with van der Waals surface area (Å²) in [5.74, 6) is 0.173. The average Bonchev–Trinajstić information content (AvgIpc) is 2.68. The number of hydrogen-bond acceptors (Lipinski definition) is 4. The predicted octanol–water partition coefficient (Wildman–Crippen LogP) is 4.46. The Morgan fingerprint density at radius 2 is 1.64 bits per heavy atom. The van der Waals surface area contributed by atoms with Crippen molar-refractivity contribution < 1.29 is 5.11 Å². The molecule has 0 aliphatic carbocycles. The van der Waals surface area contributed by atoms with Crippen LogP contribution < -0.4 is 5.56 Å². The first-order valence-corrected chi connectivity index (χ1v) is 8.95. The van der Waals surface area contributed by atoms with Gasteiger partial charge in [-0.3, -0.25) is 9.79 Å². The highest BCUT2D eigenvalue weighted by Gasteiger charge is 2.16. The summed E-state index contributed by atoms with van der Waals surface area (Å²) >= 11 is 0. The van der Waals surface area contributed by atoms with E-state index < -0.39 is 0 Å². The first kappa shape index (κ1) is 17.7. The summed E-state index contributed by atoms with van der Waals surface area (Å²) in [6.45, 7) is 4.03. The number of aliphatic imine (C=N–C) groups is 1. The van der Waals surface area contributed by atoms with Crippen molar-refractivity contribution >= 4 is 22.7 Å². The number of rotatable bonds is 3. The molecule has 4 rings (SSSR count). The van der Waals surface area contributed by atoms with E-state index in [1.165, 1.54) is 4.57 Å². The Morgan fingerprint density at radius 1 is 0.964 bits per heavy atom. The second kappa shape index (κ2) is 7.12.